The Balaban J connectivity index is 1.82. The number of nitrogens with zero attached hydrogens (tertiary/aromatic N) is 5. The molecule has 0 radical (unpaired) electrons. The van der Waals surface area contributed by atoms with Gasteiger partial charge in [-0.15, -0.1) is 5.10 Å². The first-order valence-corrected chi connectivity index (χ1v) is 6.42. The van der Waals surface area contributed by atoms with Gasteiger partial charge in [0.15, 0.2) is 0 Å². The first kappa shape index (κ1) is 14.1. The summed E-state index contributed by atoms with van der Waals surface area (Å²) in [6, 6.07) is 5.76. The van der Waals surface area contributed by atoms with Crippen LogP contribution in [0.3, 0.4) is 0 Å². The Hall–Kier alpha value is -2.28. The summed E-state index contributed by atoms with van der Waals surface area (Å²) >= 11 is 0. The van der Waals surface area contributed by atoms with Crippen LogP contribution in [0.1, 0.15) is 11.4 Å². The predicted molar refractivity (Wildman–Crippen MR) is 73.5 cm³/mol. The van der Waals surface area contributed by atoms with Gasteiger partial charge in [-0.25, -0.2) is 4.68 Å². The lowest BCUT2D eigenvalue weighted by Crippen LogP contribution is -2.32. The van der Waals surface area contributed by atoms with Gasteiger partial charge in [-0.05, 0) is 12.1 Å². The molecule has 2 heterocycles. The van der Waals surface area contributed by atoms with Crippen LogP contribution in [0.2, 0.25) is 0 Å². The second-order valence-electron chi connectivity index (χ2n) is 4.50. The monoisotopic (exact) mass is 274 g/mol. The second-order valence-corrected chi connectivity index (χ2v) is 4.50. The number of carbonyl (C=O) groups excluding carboxylic acids is 1. The van der Waals surface area contributed by atoms with E-state index in [1.54, 1.807) is 24.3 Å². The maximum atomic E-state index is 12.0. The minimum atomic E-state index is -0.0191. The molecule has 0 aliphatic heterocycles. The van der Waals surface area contributed by atoms with Gasteiger partial charge < -0.3 is 10.6 Å². The highest BCUT2D eigenvalue weighted by atomic mass is 16.2. The number of likely N-dealkylation sites (N-methyl/N-ethyl adjacent to an activating group) is 1. The van der Waals surface area contributed by atoms with Gasteiger partial charge in [-0.1, -0.05) is 11.3 Å². The summed E-state index contributed by atoms with van der Waals surface area (Å²) in [5.74, 6) is -0.0191. The molecule has 106 valence electrons. The maximum absolute atomic E-state index is 12.0. The summed E-state index contributed by atoms with van der Waals surface area (Å²) in [5, 5.41) is 7.70. The third-order valence-corrected chi connectivity index (χ3v) is 2.95. The SMILES string of the molecule is CN(CCc1ccccn1)C(=O)Cn1cc(CN)nn1. The molecule has 2 rings (SSSR count). The van der Waals surface area contributed by atoms with Crippen molar-refractivity contribution < 1.29 is 4.79 Å². The highest BCUT2D eigenvalue weighted by molar-refractivity contribution is 5.75. The predicted octanol–water partition coefficient (Wildman–Crippen LogP) is -0.167. The van der Waals surface area contributed by atoms with Crippen LogP contribution in [0.15, 0.2) is 30.6 Å². The molecule has 0 aromatic carbocycles. The van der Waals surface area contributed by atoms with Gasteiger partial charge >= 0.3 is 0 Å². The van der Waals surface area contributed by atoms with Crippen molar-refractivity contribution in [2.24, 2.45) is 5.73 Å². The van der Waals surface area contributed by atoms with Crippen molar-refractivity contribution in [2.45, 2.75) is 19.5 Å². The molecule has 20 heavy (non-hydrogen) atoms. The van der Waals surface area contributed by atoms with Gasteiger partial charge in [0.1, 0.15) is 6.54 Å². The van der Waals surface area contributed by atoms with Crippen LogP contribution in [0.25, 0.3) is 0 Å². The third-order valence-electron chi connectivity index (χ3n) is 2.95. The number of aromatic nitrogens is 4. The van der Waals surface area contributed by atoms with Crippen molar-refractivity contribution in [3.05, 3.63) is 42.0 Å². The molecular formula is C13H18N6O. The highest BCUT2D eigenvalue weighted by Crippen LogP contribution is 1.98. The Morgan fingerprint density at radius 1 is 1.40 bits per heavy atom. The molecule has 7 nitrogen and oxygen atoms in total. The molecule has 2 N–H and O–H groups in total. The second kappa shape index (κ2) is 6.76. The summed E-state index contributed by atoms with van der Waals surface area (Å²) in [7, 11) is 1.77. The minimum absolute atomic E-state index is 0.0191. The van der Waals surface area contributed by atoms with Crippen molar-refractivity contribution in [2.75, 3.05) is 13.6 Å². The van der Waals surface area contributed by atoms with E-state index in [9.17, 15) is 4.79 Å². The molecule has 2 aromatic heterocycles. The van der Waals surface area contributed by atoms with Crippen LogP contribution in [-0.2, 0) is 24.3 Å². The summed E-state index contributed by atoms with van der Waals surface area (Å²) < 4.78 is 1.50. The van der Waals surface area contributed by atoms with Crippen LogP contribution in [0.5, 0.6) is 0 Å². The summed E-state index contributed by atoms with van der Waals surface area (Å²) in [6.45, 7) is 1.11. The average Bonchev–Trinajstić information content (AvgIpc) is 2.93. The molecule has 2 aromatic rings. The number of hydrogen-bond acceptors (Lipinski definition) is 5. The molecule has 0 atom stereocenters. The van der Waals surface area contributed by atoms with Crippen molar-refractivity contribution >= 4 is 5.91 Å². The van der Waals surface area contributed by atoms with E-state index in [2.05, 4.69) is 15.3 Å². The van der Waals surface area contributed by atoms with E-state index in [1.165, 1.54) is 4.68 Å². The molecule has 0 saturated heterocycles. The van der Waals surface area contributed by atoms with Gasteiger partial charge in [0.05, 0.1) is 11.9 Å². The van der Waals surface area contributed by atoms with Crippen LogP contribution in [0, 0.1) is 0 Å². The van der Waals surface area contributed by atoms with Crippen molar-refractivity contribution in [1.29, 1.82) is 0 Å². The van der Waals surface area contributed by atoms with Crippen LogP contribution < -0.4 is 5.73 Å². The van der Waals surface area contributed by atoms with E-state index in [-0.39, 0.29) is 12.5 Å². The topological polar surface area (TPSA) is 89.9 Å². The number of hydrogen-bond donors (Lipinski definition) is 1. The number of amides is 1. The molecule has 0 aliphatic carbocycles. The molecule has 0 fully saturated rings. The Labute approximate surface area is 117 Å². The normalized spacial score (nSPS) is 10.5. The molecule has 0 bridgehead atoms. The standard InChI is InChI=1S/C13H18N6O/c1-18(7-5-11-4-2-3-6-15-11)13(20)10-19-9-12(8-14)16-17-19/h2-4,6,9H,5,7-8,10,14H2,1H3. The quantitative estimate of drug-likeness (QED) is 0.790. The fraction of sp³-hybridized carbons (Fsp3) is 0.385. The van der Waals surface area contributed by atoms with Gasteiger partial charge in [-0.3, -0.25) is 9.78 Å². The van der Waals surface area contributed by atoms with Gasteiger partial charge in [0.2, 0.25) is 5.91 Å². The van der Waals surface area contributed by atoms with Crippen molar-refractivity contribution in [3.63, 3.8) is 0 Å². The molecular weight excluding hydrogens is 256 g/mol. The smallest absolute Gasteiger partial charge is 0.244 e. The molecule has 0 spiro atoms. The largest absolute Gasteiger partial charge is 0.344 e. The third kappa shape index (κ3) is 3.86. The summed E-state index contributed by atoms with van der Waals surface area (Å²) in [4.78, 5) is 17.9. The first-order chi connectivity index (χ1) is 9.69. The lowest BCUT2D eigenvalue weighted by Gasteiger charge is -2.16. The average molecular weight is 274 g/mol. The Kier molecular flexibility index (Phi) is 4.78. The summed E-state index contributed by atoms with van der Waals surface area (Å²) in [6.07, 6.45) is 4.17. The molecule has 7 heteroatoms. The Morgan fingerprint density at radius 2 is 2.25 bits per heavy atom. The molecule has 0 saturated carbocycles. The number of rotatable bonds is 6. The molecule has 0 unspecified atom stereocenters. The van der Waals surface area contributed by atoms with Gasteiger partial charge in [0.25, 0.3) is 0 Å². The van der Waals surface area contributed by atoms with Crippen LogP contribution >= 0.6 is 0 Å². The van der Waals surface area contributed by atoms with Gasteiger partial charge in [0, 0.05) is 38.4 Å². The Morgan fingerprint density at radius 3 is 2.90 bits per heavy atom. The number of carbonyl (C=O) groups is 1. The number of pyridine rings is 1. The zero-order valence-corrected chi connectivity index (χ0v) is 11.4. The Bertz CT molecular complexity index is 553. The fourth-order valence-corrected chi connectivity index (χ4v) is 1.72. The first-order valence-electron chi connectivity index (χ1n) is 6.42. The van der Waals surface area contributed by atoms with E-state index in [0.29, 0.717) is 18.8 Å². The van der Waals surface area contributed by atoms with E-state index in [4.69, 9.17) is 5.73 Å². The lowest BCUT2D eigenvalue weighted by atomic mass is 10.2. The van der Waals surface area contributed by atoms with E-state index < -0.39 is 0 Å². The highest BCUT2D eigenvalue weighted by Gasteiger charge is 2.11. The summed E-state index contributed by atoms with van der Waals surface area (Å²) in [5.41, 5.74) is 7.09. The number of nitrogens with two attached hydrogens (primary N) is 1. The lowest BCUT2D eigenvalue weighted by molar-refractivity contribution is -0.130. The van der Waals surface area contributed by atoms with Crippen LogP contribution in [-0.4, -0.2) is 44.4 Å². The molecule has 1 amide bonds. The van der Waals surface area contributed by atoms with E-state index in [0.717, 1.165) is 12.1 Å². The zero-order chi connectivity index (χ0) is 14.4. The van der Waals surface area contributed by atoms with Crippen molar-refractivity contribution in [1.82, 2.24) is 24.9 Å². The van der Waals surface area contributed by atoms with Crippen molar-refractivity contribution in [3.8, 4) is 0 Å². The van der Waals surface area contributed by atoms with E-state index in [1.807, 2.05) is 18.2 Å². The maximum Gasteiger partial charge on any atom is 0.244 e. The molecule has 0 aliphatic rings. The fourth-order valence-electron chi connectivity index (χ4n) is 1.72. The van der Waals surface area contributed by atoms with Crippen LogP contribution in [0.4, 0.5) is 0 Å². The minimum Gasteiger partial charge on any atom is -0.344 e. The zero-order valence-electron chi connectivity index (χ0n) is 11.4. The van der Waals surface area contributed by atoms with Gasteiger partial charge in [-0.2, -0.15) is 0 Å². The van der Waals surface area contributed by atoms with E-state index >= 15 is 0 Å².